The molecule has 0 radical (unpaired) electrons. The van der Waals surface area contributed by atoms with Gasteiger partial charge in [-0.1, -0.05) is 0 Å². The van der Waals surface area contributed by atoms with Gasteiger partial charge in [0.05, 0.1) is 12.8 Å². The number of ether oxygens (including phenoxy) is 2. The van der Waals surface area contributed by atoms with Crippen LogP contribution in [0.3, 0.4) is 0 Å². The number of hydrazone groups is 1. The number of allylic oxidation sites excluding steroid dienone is 1. The van der Waals surface area contributed by atoms with Crippen LogP contribution >= 0.6 is 0 Å². The lowest BCUT2D eigenvalue weighted by molar-refractivity contribution is 0.120. The molecule has 7 heteroatoms. The standard InChI is InChI=1S/C19H26N4O3/c1-12(2)22-19(24)26-16-10-5-13(3)17(18(16)23-20)21-11-14-6-8-15(25-4)9-7-14/h6-9,11-12,16H,5,10,20H2,1-4H3,(H,22,24)/b21-11?,23-18+. The second-order valence-electron chi connectivity index (χ2n) is 6.41. The van der Waals surface area contributed by atoms with E-state index in [1.165, 1.54) is 0 Å². The third-order valence-electron chi connectivity index (χ3n) is 3.99. The van der Waals surface area contributed by atoms with Crippen molar-refractivity contribution >= 4 is 18.0 Å². The lowest BCUT2D eigenvalue weighted by Gasteiger charge is -2.25. The first-order valence-corrected chi connectivity index (χ1v) is 8.57. The number of hydrogen-bond donors (Lipinski definition) is 2. The quantitative estimate of drug-likeness (QED) is 0.480. The fraction of sp³-hybridized carbons (Fsp3) is 0.421. The molecule has 1 unspecified atom stereocenters. The van der Waals surface area contributed by atoms with Crippen molar-refractivity contribution in [2.75, 3.05) is 7.11 Å². The molecule has 1 aliphatic carbocycles. The summed E-state index contributed by atoms with van der Waals surface area (Å²) in [6, 6.07) is 7.54. The van der Waals surface area contributed by atoms with E-state index in [0.717, 1.165) is 23.3 Å². The van der Waals surface area contributed by atoms with Gasteiger partial charge in [-0.3, -0.25) is 4.99 Å². The molecule has 1 amide bonds. The van der Waals surface area contributed by atoms with Gasteiger partial charge in [-0.15, -0.1) is 0 Å². The molecule has 0 aromatic heterocycles. The molecule has 0 saturated heterocycles. The number of carbonyl (C=O) groups is 1. The van der Waals surface area contributed by atoms with E-state index >= 15 is 0 Å². The molecule has 26 heavy (non-hydrogen) atoms. The Bertz CT molecular complexity index is 721. The summed E-state index contributed by atoms with van der Waals surface area (Å²) < 4.78 is 10.6. The number of nitrogens with zero attached hydrogens (tertiary/aromatic N) is 2. The molecule has 1 aromatic rings. The van der Waals surface area contributed by atoms with Crippen LogP contribution in [0.5, 0.6) is 5.75 Å². The smallest absolute Gasteiger partial charge is 0.408 e. The summed E-state index contributed by atoms with van der Waals surface area (Å²) in [5.41, 5.74) is 3.13. The Labute approximate surface area is 154 Å². The van der Waals surface area contributed by atoms with Crippen molar-refractivity contribution in [2.45, 2.75) is 45.8 Å². The average Bonchev–Trinajstić information content (AvgIpc) is 2.61. The summed E-state index contributed by atoms with van der Waals surface area (Å²) in [6.45, 7) is 5.72. The number of hydrogen-bond acceptors (Lipinski definition) is 6. The largest absolute Gasteiger partial charge is 0.497 e. The van der Waals surface area contributed by atoms with Crippen LogP contribution in [0.2, 0.25) is 0 Å². The van der Waals surface area contributed by atoms with Gasteiger partial charge >= 0.3 is 6.09 Å². The molecule has 7 nitrogen and oxygen atoms in total. The Morgan fingerprint density at radius 1 is 1.35 bits per heavy atom. The highest BCUT2D eigenvalue weighted by Gasteiger charge is 2.29. The van der Waals surface area contributed by atoms with Crippen LogP contribution in [0.15, 0.2) is 45.6 Å². The third-order valence-corrected chi connectivity index (χ3v) is 3.99. The number of aliphatic imine (C=N–C) groups is 1. The maximum absolute atomic E-state index is 11.9. The van der Waals surface area contributed by atoms with Gasteiger partial charge in [-0.05, 0) is 69.0 Å². The summed E-state index contributed by atoms with van der Waals surface area (Å²) in [5, 5.41) is 6.56. The van der Waals surface area contributed by atoms with E-state index in [1.807, 2.05) is 45.0 Å². The summed E-state index contributed by atoms with van der Waals surface area (Å²) in [5.74, 6) is 6.36. The van der Waals surface area contributed by atoms with Gasteiger partial charge in [0.15, 0.2) is 0 Å². The molecule has 3 N–H and O–H groups in total. The Hall–Kier alpha value is -2.83. The predicted octanol–water partition coefficient (Wildman–Crippen LogP) is 3.00. The monoisotopic (exact) mass is 358 g/mol. The molecule has 0 aliphatic heterocycles. The summed E-state index contributed by atoms with van der Waals surface area (Å²) in [4.78, 5) is 16.5. The lowest BCUT2D eigenvalue weighted by atomic mass is 9.93. The predicted molar refractivity (Wildman–Crippen MR) is 103 cm³/mol. The first kappa shape index (κ1) is 19.5. The van der Waals surface area contributed by atoms with Crippen molar-refractivity contribution in [3.63, 3.8) is 0 Å². The molecule has 0 saturated carbocycles. The summed E-state index contributed by atoms with van der Waals surface area (Å²) in [7, 11) is 1.62. The Kier molecular flexibility index (Phi) is 6.77. The zero-order chi connectivity index (χ0) is 19.1. The van der Waals surface area contributed by atoms with Crippen LogP contribution in [-0.4, -0.2) is 37.3 Å². The van der Waals surface area contributed by atoms with Crippen molar-refractivity contribution in [3.05, 3.63) is 41.1 Å². The molecule has 1 atom stereocenters. The van der Waals surface area contributed by atoms with Crippen molar-refractivity contribution in [1.82, 2.24) is 5.32 Å². The van der Waals surface area contributed by atoms with Crippen molar-refractivity contribution in [3.8, 4) is 5.75 Å². The van der Waals surface area contributed by atoms with E-state index in [-0.39, 0.29) is 6.04 Å². The first-order valence-electron chi connectivity index (χ1n) is 8.57. The second kappa shape index (κ2) is 9.03. The van der Waals surface area contributed by atoms with E-state index in [2.05, 4.69) is 15.4 Å². The van der Waals surface area contributed by atoms with E-state index in [4.69, 9.17) is 15.3 Å². The van der Waals surface area contributed by atoms with Crippen molar-refractivity contribution < 1.29 is 14.3 Å². The fourth-order valence-corrected chi connectivity index (χ4v) is 2.64. The van der Waals surface area contributed by atoms with Crippen LogP contribution in [-0.2, 0) is 4.74 Å². The maximum atomic E-state index is 11.9. The van der Waals surface area contributed by atoms with Crippen LogP contribution in [0.25, 0.3) is 0 Å². The first-order chi connectivity index (χ1) is 12.4. The number of benzene rings is 1. The number of methoxy groups -OCH3 is 1. The molecule has 1 aliphatic rings. The second-order valence-corrected chi connectivity index (χ2v) is 6.41. The maximum Gasteiger partial charge on any atom is 0.408 e. The van der Waals surface area contributed by atoms with Crippen LogP contribution < -0.4 is 15.9 Å². The van der Waals surface area contributed by atoms with Crippen LogP contribution in [0.1, 0.15) is 39.2 Å². The van der Waals surface area contributed by atoms with Crippen LogP contribution in [0, 0.1) is 0 Å². The number of nitrogens with two attached hydrogens (primary N) is 1. The zero-order valence-corrected chi connectivity index (χ0v) is 15.7. The minimum Gasteiger partial charge on any atom is -0.497 e. The highest BCUT2D eigenvalue weighted by atomic mass is 16.6. The summed E-state index contributed by atoms with van der Waals surface area (Å²) in [6.07, 6.45) is 2.14. The molecule has 0 fully saturated rings. The molecule has 1 aromatic carbocycles. The van der Waals surface area contributed by atoms with Gasteiger partial charge in [0.1, 0.15) is 17.6 Å². The molecule has 0 spiro atoms. The SMILES string of the molecule is COc1ccc(C=NC2=C(C)CCC(OC(=O)NC(C)C)/C2=N\N)cc1. The van der Waals surface area contributed by atoms with E-state index in [9.17, 15) is 4.79 Å². The zero-order valence-electron chi connectivity index (χ0n) is 15.7. The van der Waals surface area contributed by atoms with Gasteiger partial charge in [0.2, 0.25) is 0 Å². The number of alkyl carbamates (subject to hydrolysis) is 1. The Morgan fingerprint density at radius 3 is 2.62 bits per heavy atom. The van der Waals surface area contributed by atoms with E-state index in [1.54, 1.807) is 13.3 Å². The van der Waals surface area contributed by atoms with E-state index < -0.39 is 12.2 Å². The van der Waals surface area contributed by atoms with E-state index in [0.29, 0.717) is 17.8 Å². The highest BCUT2D eigenvalue weighted by molar-refractivity contribution is 6.06. The van der Waals surface area contributed by atoms with Gasteiger partial charge in [-0.25, -0.2) is 4.79 Å². The number of nitrogens with one attached hydrogen (secondary N) is 1. The Balaban J connectivity index is 2.16. The van der Waals surface area contributed by atoms with Crippen molar-refractivity contribution in [1.29, 1.82) is 0 Å². The molecule has 140 valence electrons. The fourth-order valence-electron chi connectivity index (χ4n) is 2.64. The molecule has 0 bridgehead atoms. The molecule has 0 heterocycles. The van der Waals surface area contributed by atoms with Gasteiger partial charge < -0.3 is 20.6 Å². The minimum atomic E-state index is -0.509. The van der Waals surface area contributed by atoms with Gasteiger partial charge in [-0.2, -0.15) is 5.10 Å². The number of amides is 1. The average molecular weight is 358 g/mol. The molecular formula is C19H26N4O3. The van der Waals surface area contributed by atoms with Crippen LogP contribution in [0.4, 0.5) is 4.79 Å². The minimum absolute atomic E-state index is 0.00537. The normalized spacial score (nSPS) is 19.3. The lowest BCUT2D eigenvalue weighted by Crippen LogP contribution is -2.38. The topological polar surface area (TPSA) is 98.3 Å². The third kappa shape index (κ3) is 5.08. The highest BCUT2D eigenvalue weighted by Crippen LogP contribution is 2.26. The molecule has 2 rings (SSSR count). The Morgan fingerprint density at radius 2 is 2.04 bits per heavy atom. The molecular weight excluding hydrogens is 332 g/mol. The number of rotatable bonds is 5. The number of carbonyl (C=O) groups excluding carboxylic acids is 1. The summed E-state index contributed by atoms with van der Waals surface area (Å²) >= 11 is 0. The van der Waals surface area contributed by atoms with Gasteiger partial charge in [0, 0.05) is 12.3 Å². The van der Waals surface area contributed by atoms with Gasteiger partial charge in [0.25, 0.3) is 0 Å². The van der Waals surface area contributed by atoms with Crippen molar-refractivity contribution in [2.24, 2.45) is 15.9 Å².